The first kappa shape index (κ1) is 14.8. The maximum Gasteiger partial charge on any atom is 0.0985 e. The molecule has 1 heteroatoms. The van der Waals surface area contributed by atoms with Gasteiger partial charge in [0.15, 0.2) is 0 Å². The van der Waals surface area contributed by atoms with E-state index in [0.29, 0.717) is 0 Å². The average molecular weight is 184 g/mol. The molecule has 0 amide bonds. The summed E-state index contributed by atoms with van der Waals surface area (Å²) < 4.78 is 5.43. The zero-order chi connectivity index (χ0) is 10.7. The summed E-state index contributed by atoms with van der Waals surface area (Å²) in [6, 6.07) is 0. The first-order valence-corrected chi connectivity index (χ1v) is 5.21. The normalized spacial score (nSPS) is 11.8. The van der Waals surface area contributed by atoms with E-state index in [1.807, 2.05) is 33.8 Å². The van der Waals surface area contributed by atoms with Crippen LogP contribution in [0.25, 0.3) is 0 Å². The first-order chi connectivity index (χ1) is 6.26. The van der Waals surface area contributed by atoms with Crippen LogP contribution in [0.5, 0.6) is 0 Å². The van der Waals surface area contributed by atoms with Crippen molar-refractivity contribution in [1.82, 2.24) is 0 Å². The monoisotopic (exact) mass is 184 g/mol. The summed E-state index contributed by atoms with van der Waals surface area (Å²) in [5.41, 5.74) is 1.23. The largest absolute Gasteiger partial charge is 0.498 e. The van der Waals surface area contributed by atoms with Crippen LogP contribution in [0.15, 0.2) is 23.5 Å². The summed E-state index contributed by atoms with van der Waals surface area (Å²) in [6.45, 7) is 13.0. The molecule has 1 nitrogen and oxygen atoms in total. The molecule has 0 bridgehead atoms. The van der Waals surface area contributed by atoms with Crippen molar-refractivity contribution in [2.75, 3.05) is 6.61 Å². The molecule has 0 unspecified atom stereocenters. The lowest BCUT2D eigenvalue weighted by atomic mass is 10.2. The van der Waals surface area contributed by atoms with Gasteiger partial charge in [0, 0.05) is 6.42 Å². The Balaban J connectivity index is 0. The molecule has 0 aromatic heterocycles. The summed E-state index contributed by atoms with van der Waals surface area (Å²) in [6.07, 6.45) is 5.09. The van der Waals surface area contributed by atoms with E-state index < -0.39 is 0 Å². The van der Waals surface area contributed by atoms with Crippen LogP contribution in [-0.2, 0) is 4.74 Å². The minimum Gasteiger partial charge on any atom is -0.498 e. The summed E-state index contributed by atoms with van der Waals surface area (Å²) in [5, 5.41) is 0. The second-order valence-corrected chi connectivity index (χ2v) is 2.39. The highest BCUT2D eigenvalue weighted by Gasteiger charge is 1.96. The van der Waals surface area contributed by atoms with Crippen molar-refractivity contribution >= 4 is 0 Å². The van der Waals surface area contributed by atoms with Crippen LogP contribution >= 0.6 is 0 Å². The third kappa shape index (κ3) is 7.63. The van der Waals surface area contributed by atoms with E-state index in [2.05, 4.69) is 19.9 Å². The van der Waals surface area contributed by atoms with Crippen molar-refractivity contribution in [3.63, 3.8) is 0 Å². The van der Waals surface area contributed by atoms with Gasteiger partial charge in [-0.1, -0.05) is 32.9 Å². The number of hydrogen-bond donors (Lipinski definition) is 0. The molecule has 0 atom stereocenters. The van der Waals surface area contributed by atoms with Crippen LogP contribution in [0.3, 0.4) is 0 Å². The second-order valence-electron chi connectivity index (χ2n) is 2.39. The summed E-state index contributed by atoms with van der Waals surface area (Å²) in [5.74, 6) is 1.10. The number of hydrogen-bond acceptors (Lipinski definition) is 1. The van der Waals surface area contributed by atoms with Gasteiger partial charge >= 0.3 is 0 Å². The van der Waals surface area contributed by atoms with Crippen LogP contribution in [-0.4, -0.2) is 6.61 Å². The van der Waals surface area contributed by atoms with Gasteiger partial charge in [0.2, 0.25) is 0 Å². The van der Waals surface area contributed by atoms with Crippen LogP contribution in [0.1, 0.15) is 48.0 Å². The van der Waals surface area contributed by atoms with Gasteiger partial charge in [-0.2, -0.15) is 0 Å². The van der Waals surface area contributed by atoms with Crippen molar-refractivity contribution in [1.29, 1.82) is 0 Å². The molecular weight excluding hydrogens is 160 g/mol. The molecular formula is C12H24O. The molecule has 0 rings (SSSR count). The standard InChI is InChI=1S/C10H18O.C2H6/c1-5-8-9(4)10(6-2)11-7-3;1-2/h5,8H,6-7H2,1-4H3;1-2H3/b8-5-,10-9+;. The van der Waals surface area contributed by atoms with Gasteiger partial charge in [-0.05, 0) is 26.3 Å². The fraction of sp³-hybridized carbons (Fsp3) is 0.667. The molecule has 13 heavy (non-hydrogen) atoms. The van der Waals surface area contributed by atoms with Gasteiger partial charge in [0.05, 0.1) is 12.4 Å². The van der Waals surface area contributed by atoms with Crippen LogP contribution in [0.4, 0.5) is 0 Å². The van der Waals surface area contributed by atoms with Gasteiger partial charge in [-0.3, -0.25) is 0 Å². The number of ether oxygens (including phenoxy) is 1. The predicted molar refractivity (Wildman–Crippen MR) is 60.8 cm³/mol. The van der Waals surface area contributed by atoms with Crippen molar-refractivity contribution in [3.8, 4) is 0 Å². The molecule has 0 aromatic rings. The third-order valence-electron chi connectivity index (χ3n) is 1.50. The molecule has 0 aliphatic carbocycles. The molecule has 0 saturated heterocycles. The van der Waals surface area contributed by atoms with E-state index in [1.165, 1.54) is 5.57 Å². The molecule has 0 aromatic carbocycles. The Kier molecular flexibility index (Phi) is 12.8. The van der Waals surface area contributed by atoms with E-state index in [0.717, 1.165) is 18.8 Å². The summed E-state index contributed by atoms with van der Waals surface area (Å²) in [4.78, 5) is 0. The van der Waals surface area contributed by atoms with Crippen LogP contribution in [0.2, 0.25) is 0 Å². The quantitative estimate of drug-likeness (QED) is 0.467. The average Bonchev–Trinajstić information content (AvgIpc) is 2.17. The Labute approximate surface area is 83.5 Å². The van der Waals surface area contributed by atoms with Gasteiger partial charge in [0.1, 0.15) is 0 Å². The lowest BCUT2D eigenvalue weighted by Crippen LogP contribution is -1.92. The SMILES string of the molecule is C/C=C\C(C)=C(/CC)OCC.CC. The van der Waals surface area contributed by atoms with Crippen molar-refractivity contribution < 1.29 is 4.74 Å². The van der Waals surface area contributed by atoms with Crippen molar-refractivity contribution in [3.05, 3.63) is 23.5 Å². The Hall–Kier alpha value is -0.720. The highest BCUT2D eigenvalue weighted by atomic mass is 16.5. The predicted octanol–water partition coefficient (Wildman–Crippen LogP) is 4.31. The fourth-order valence-electron chi connectivity index (χ4n) is 1.01. The van der Waals surface area contributed by atoms with E-state index >= 15 is 0 Å². The van der Waals surface area contributed by atoms with Crippen LogP contribution < -0.4 is 0 Å². The van der Waals surface area contributed by atoms with E-state index in [9.17, 15) is 0 Å². The Morgan fingerprint density at radius 1 is 1.23 bits per heavy atom. The molecule has 0 radical (unpaired) electrons. The minimum atomic E-state index is 0.762. The molecule has 0 fully saturated rings. The Morgan fingerprint density at radius 3 is 2.08 bits per heavy atom. The molecule has 0 N–H and O–H groups in total. The molecule has 78 valence electrons. The van der Waals surface area contributed by atoms with Crippen molar-refractivity contribution in [2.45, 2.75) is 48.0 Å². The lowest BCUT2D eigenvalue weighted by molar-refractivity contribution is 0.218. The highest BCUT2D eigenvalue weighted by molar-refractivity contribution is 5.19. The minimum absolute atomic E-state index is 0.762. The van der Waals surface area contributed by atoms with E-state index in [4.69, 9.17) is 4.74 Å². The van der Waals surface area contributed by atoms with E-state index in [1.54, 1.807) is 0 Å². The molecule has 0 spiro atoms. The third-order valence-corrected chi connectivity index (χ3v) is 1.50. The summed E-state index contributed by atoms with van der Waals surface area (Å²) in [7, 11) is 0. The Morgan fingerprint density at radius 2 is 1.77 bits per heavy atom. The summed E-state index contributed by atoms with van der Waals surface area (Å²) >= 11 is 0. The second kappa shape index (κ2) is 11.3. The van der Waals surface area contributed by atoms with Crippen molar-refractivity contribution in [2.24, 2.45) is 0 Å². The highest BCUT2D eigenvalue weighted by Crippen LogP contribution is 2.10. The number of allylic oxidation sites excluding steroid dienone is 4. The van der Waals surface area contributed by atoms with E-state index in [-0.39, 0.29) is 0 Å². The molecule has 0 saturated carbocycles. The first-order valence-electron chi connectivity index (χ1n) is 5.21. The number of rotatable bonds is 4. The topological polar surface area (TPSA) is 9.23 Å². The molecule has 0 heterocycles. The smallest absolute Gasteiger partial charge is 0.0985 e. The maximum atomic E-state index is 5.43. The van der Waals surface area contributed by atoms with Gasteiger partial charge in [0.25, 0.3) is 0 Å². The zero-order valence-electron chi connectivity index (χ0n) is 9.98. The fourth-order valence-corrected chi connectivity index (χ4v) is 1.01. The maximum absolute atomic E-state index is 5.43. The molecule has 0 aliphatic heterocycles. The Bertz CT molecular complexity index is 155. The van der Waals surface area contributed by atoms with Gasteiger partial charge in [-0.25, -0.2) is 0 Å². The molecule has 0 aliphatic rings. The van der Waals surface area contributed by atoms with Crippen LogP contribution in [0, 0.1) is 0 Å². The van der Waals surface area contributed by atoms with Gasteiger partial charge in [-0.15, -0.1) is 0 Å². The zero-order valence-corrected chi connectivity index (χ0v) is 9.98. The van der Waals surface area contributed by atoms with Gasteiger partial charge < -0.3 is 4.74 Å². The lowest BCUT2D eigenvalue weighted by Gasteiger charge is -2.07.